The van der Waals surface area contributed by atoms with E-state index in [-0.39, 0.29) is 6.07 Å². The average Bonchev–Trinajstić information content (AvgIpc) is 2.34. The molecule has 0 heterocycles. The molecule has 4 nitrogen and oxygen atoms in total. The van der Waals surface area contributed by atoms with Gasteiger partial charge in [0.2, 0.25) is 0 Å². The summed E-state index contributed by atoms with van der Waals surface area (Å²) in [6.45, 7) is 4.60. The second kappa shape index (κ2) is 6.40. The number of nitrogens with one attached hydrogen (secondary N) is 1. The molecule has 0 saturated heterocycles. The maximum absolute atomic E-state index is 12.9. The number of hydrogen-bond acceptors (Lipinski definition) is 3. The lowest BCUT2D eigenvalue weighted by molar-refractivity contribution is -0.140. The molecule has 24 heavy (non-hydrogen) atoms. The van der Waals surface area contributed by atoms with Crippen molar-refractivity contribution in [3.63, 3.8) is 0 Å². The number of hydrazine groups is 1. The fourth-order valence-corrected chi connectivity index (χ4v) is 1.62. The van der Waals surface area contributed by atoms with Gasteiger partial charge in [0.25, 0.3) is 0 Å². The molecule has 0 unspecified atom stereocenters. The maximum atomic E-state index is 12.9. The molecule has 0 spiro atoms. The van der Waals surface area contributed by atoms with E-state index < -0.39 is 40.9 Å². The highest BCUT2D eigenvalue weighted by atomic mass is 19.4. The van der Waals surface area contributed by atoms with Crippen LogP contribution >= 0.6 is 0 Å². The van der Waals surface area contributed by atoms with Crippen molar-refractivity contribution in [2.75, 3.05) is 12.5 Å². The van der Waals surface area contributed by atoms with Crippen LogP contribution in [-0.4, -0.2) is 23.8 Å². The molecular weight excluding hydrogens is 342 g/mol. The third-order valence-electron chi connectivity index (χ3n) is 2.61. The van der Waals surface area contributed by atoms with Crippen LogP contribution in [0, 0.1) is 0 Å². The number of halogens is 6. The Kier molecular flexibility index (Phi) is 5.31. The summed E-state index contributed by atoms with van der Waals surface area (Å²) in [7, 11) is 1.04. The normalized spacial score (nSPS) is 12.8. The van der Waals surface area contributed by atoms with E-state index in [2.05, 4.69) is 0 Å². The van der Waals surface area contributed by atoms with Gasteiger partial charge in [-0.15, -0.1) is 0 Å². The molecule has 1 aromatic rings. The van der Waals surface area contributed by atoms with Crippen molar-refractivity contribution in [3.05, 3.63) is 29.3 Å². The van der Waals surface area contributed by atoms with Crippen molar-refractivity contribution < 1.29 is 35.9 Å². The van der Waals surface area contributed by atoms with E-state index in [1.807, 2.05) is 5.43 Å². The Morgan fingerprint density at radius 2 is 1.58 bits per heavy atom. The first kappa shape index (κ1) is 19.9. The minimum Gasteiger partial charge on any atom is -0.442 e. The topological polar surface area (TPSA) is 41.6 Å². The zero-order chi connectivity index (χ0) is 18.9. The number of benzene rings is 1. The first-order chi connectivity index (χ1) is 10.6. The number of amides is 1. The lowest BCUT2D eigenvalue weighted by atomic mass is 10.1. The third-order valence-corrected chi connectivity index (χ3v) is 2.61. The van der Waals surface area contributed by atoms with Gasteiger partial charge < -0.3 is 4.74 Å². The van der Waals surface area contributed by atoms with E-state index in [1.165, 1.54) is 20.8 Å². The van der Waals surface area contributed by atoms with Crippen molar-refractivity contribution in [1.29, 1.82) is 0 Å². The molecule has 1 rings (SSSR count). The second-order valence-electron chi connectivity index (χ2n) is 5.91. The van der Waals surface area contributed by atoms with Crippen LogP contribution in [0.25, 0.3) is 0 Å². The summed E-state index contributed by atoms with van der Waals surface area (Å²) >= 11 is 0. The van der Waals surface area contributed by atoms with Gasteiger partial charge in [0.05, 0.1) is 16.8 Å². The standard InChI is InChI=1S/C14H16F6N2O2/c1-12(2,3)24-11(23)22(4)21-10-7-8(13(15,16)17)5-6-9(10)14(18,19)20/h5-7,21H,1-4H3. The van der Waals surface area contributed by atoms with E-state index in [0.29, 0.717) is 17.1 Å². The van der Waals surface area contributed by atoms with Crippen LogP contribution in [0.3, 0.4) is 0 Å². The van der Waals surface area contributed by atoms with Crippen molar-refractivity contribution >= 4 is 11.8 Å². The van der Waals surface area contributed by atoms with Gasteiger partial charge >= 0.3 is 18.4 Å². The van der Waals surface area contributed by atoms with Gasteiger partial charge in [0.15, 0.2) is 0 Å². The van der Waals surface area contributed by atoms with Crippen LogP contribution < -0.4 is 5.43 Å². The molecule has 1 N–H and O–H groups in total. The van der Waals surface area contributed by atoms with Crippen molar-refractivity contribution in [3.8, 4) is 0 Å². The third kappa shape index (κ3) is 5.50. The van der Waals surface area contributed by atoms with Crippen molar-refractivity contribution in [1.82, 2.24) is 5.01 Å². The highest BCUT2D eigenvalue weighted by molar-refractivity contribution is 5.70. The van der Waals surface area contributed by atoms with Crippen molar-refractivity contribution in [2.24, 2.45) is 0 Å². The molecular formula is C14H16F6N2O2. The zero-order valence-corrected chi connectivity index (χ0v) is 13.3. The number of anilines is 1. The fraction of sp³-hybridized carbons (Fsp3) is 0.500. The zero-order valence-electron chi connectivity index (χ0n) is 13.3. The molecule has 0 aliphatic rings. The van der Waals surface area contributed by atoms with Crippen LogP contribution in [0.5, 0.6) is 0 Å². The molecule has 136 valence electrons. The Bertz CT molecular complexity index is 605. The SMILES string of the molecule is CN(Nc1cc(C(F)(F)F)ccc1C(F)(F)F)C(=O)OC(C)(C)C. The van der Waals surface area contributed by atoms with Gasteiger partial charge in [-0.1, -0.05) is 0 Å². The molecule has 0 saturated carbocycles. The van der Waals surface area contributed by atoms with Crippen LogP contribution in [0.15, 0.2) is 18.2 Å². The van der Waals surface area contributed by atoms with Gasteiger partial charge in [-0.25, -0.2) is 9.80 Å². The molecule has 0 aromatic heterocycles. The number of ether oxygens (including phenoxy) is 1. The second-order valence-corrected chi connectivity index (χ2v) is 5.91. The van der Waals surface area contributed by atoms with E-state index >= 15 is 0 Å². The number of hydrogen-bond donors (Lipinski definition) is 1. The minimum atomic E-state index is -4.90. The summed E-state index contributed by atoms with van der Waals surface area (Å²) in [4.78, 5) is 11.7. The summed E-state index contributed by atoms with van der Waals surface area (Å²) in [5.74, 6) is 0. The van der Waals surface area contributed by atoms with Crippen LogP contribution in [0.4, 0.5) is 36.8 Å². The molecule has 10 heteroatoms. The maximum Gasteiger partial charge on any atom is 0.428 e. The van der Waals surface area contributed by atoms with E-state index in [4.69, 9.17) is 4.74 Å². The largest absolute Gasteiger partial charge is 0.442 e. The van der Waals surface area contributed by atoms with E-state index in [1.54, 1.807) is 0 Å². The summed E-state index contributed by atoms with van der Waals surface area (Å²) in [5.41, 5.74) is -2.47. The predicted molar refractivity (Wildman–Crippen MR) is 74.1 cm³/mol. The molecule has 0 radical (unpaired) electrons. The van der Waals surface area contributed by atoms with E-state index in [0.717, 1.165) is 7.05 Å². The lowest BCUT2D eigenvalue weighted by Gasteiger charge is -2.26. The van der Waals surface area contributed by atoms with Gasteiger partial charge in [0, 0.05) is 7.05 Å². The fourth-order valence-electron chi connectivity index (χ4n) is 1.62. The molecule has 0 atom stereocenters. The number of carbonyl (C=O) groups excluding carboxylic acids is 1. The minimum absolute atomic E-state index is 0.281. The first-order valence-corrected chi connectivity index (χ1v) is 6.63. The van der Waals surface area contributed by atoms with Gasteiger partial charge in [-0.3, -0.25) is 5.43 Å². The van der Waals surface area contributed by atoms with Crippen molar-refractivity contribution in [2.45, 2.75) is 38.7 Å². The van der Waals surface area contributed by atoms with E-state index in [9.17, 15) is 31.1 Å². The summed E-state index contributed by atoms with van der Waals surface area (Å²) in [6.07, 6.45) is -10.8. The lowest BCUT2D eigenvalue weighted by Crippen LogP contribution is -2.38. The average molecular weight is 358 g/mol. The highest BCUT2D eigenvalue weighted by Gasteiger charge is 2.37. The summed E-state index contributed by atoms with van der Waals surface area (Å²) in [5, 5.41) is 0.538. The monoisotopic (exact) mass is 358 g/mol. The Hall–Kier alpha value is -2.13. The van der Waals surface area contributed by atoms with Gasteiger partial charge in [0.1, 0.15) is 5.60 Å². The van der Waals surface area contributed by atoms with Crippen LogP contribution in [-0.2, 0) is 17.1 Å². The number of alkyl halides is 6. The smallest absolute Gasteiger partial charge is 0.428 e. The predicted octanol–water partition coefficient (Wildman–Crippen LogP) is 4.92. The number of rotatable bonds is 2. The molecule has 0 bridgehead atoms. The Morgan fingerprint density at radius 1 is 1.04 bits per heavy atom. The Labute approximate surface area is 134 Å². The quantitative estimate of drug-likeness (QED) is 0.603. The highest BCUT2D eigenvalue weighted by Crippen LogP contribution is 2.39. The first-order valence-electron chi connectivity index (χ1n) is 6.63. The molecule has 0 fully saturated rings. The molecule has 1 aromatic carbocycles. The van der Waals surface area contributed by atoms with Crippen LogP contribution in [0.2, 0.25) is 0 Å². The molecule has 0 aliphatic heterocycles. The van der Waals surface area contributed by atoms with Gasteiger partial charge in [-0.2, -0.15) is 26.3 Å². The molecule has 0 aliphatic carbocycles. The van der Waals surface area contributed by atoms with Gasteiger partial charge in [-0.05, 0) is 39.0 Å². The summed E-state index contributed by atoms with van der Waals surface area (Å²) in [6, 6.07) is 0.902. The Morgan fingerprint density at radius 3 is 2.00 bits per heavy atom. The van der Waals surface area contributed by atoms with Crippen LogP contribution in [0.1, 0.15) is 31.9 Å². The summed E-state index contributed by atoms with van der Waals surface area (Å²) < 4.78 is 81.8. The number of carbonyl (C=O) groups is 1. The number of nitrogens with zero attached hydrogens (tertiary/aromatic N) is 1. The Balaban J connectivity index is 3.17. The molecule has 1 amide bonds.